The minimum Gasteiger partial charge on any atom is -0.452 e. The van der Waals surface area contributed by atoms with E-state index < -0.39 is 24.3 Å². The van der Waals surface area contributed by atoms with Crippen LogP contribution in [-0.2, 0) is 19.1 Å². The van der Waals surface area contributed by atoms with Crippen LogP contribution in [0, 0.1) is 41.3 Å². The molecule has 5 aliphatic rings. The molecule has 7 nitrogen and oxygen atoms in total. The molecule has 7 rings (SSSR count). The van der Waals surface area contributed by atoms with Crippen molar-refractivity contribution in [1.82, 2.24) is 0 Å². The summed E-state index contributed by atoms with van der Waals surface area (Å²) in [5, 5.41) is 2.50. The number of allylic oxidation sites excluding steroid dienone is 2. The lowest BCUT2D eigenvalue weighted by Crippen LogP contribution is -2.40. The third-order valence-electron chi connectivity index (χ3n) is 7.49. The molecule has 2 saturated carbocycles. The van der Waals surface area contributed by atoms with Crippen molar-refractivity contribution in [2.75, 3.05) is 16.8 Å². The minimum absolute atomic E-state index is 0.150. The molecule has 1 saturated heterocycles. The van der Waals surface area contributed by atoms with Crippen LogP contribution in [0.4, 0.5) is 15.8 Å². The van der Waals surface area contributed by atoms with E-state index in [1.807, 2.05) is 0 Å². The summed E-state index contributed by atoms with van der Waals surface area (Å²) < 4.78 is 18.0. The second-order valence-corrected chi connectivity index (χ2v) is 9.34. The molecule has 0 radical (unpaired) electrons. The molecule has 3 amide bonds. The zero-order valence-corrected chi connectivity index (χ0v) is 18.0. The van der Waals surface area contributed by atoms with Crippen molar-refractivity contribution in [1.29, 1.82) is 0 Å². The molecule has 34 heavy (non-hydrogen) atoms. The Labute approximate surface area is 194 Å². The Morgan fingerprint density at radius 3 is 2.09 bits per heavy atom. The molecular formula is C26H21FN2O5. The monoisotopic (exact) mass is 460 g/mol. The molecule has 4 aliphatic carbocycles. The molecule has 1 aliphatic heterocycles. The number of nitrogens with one attached hydrogen (secondary N) is 1. The molecule has 172 valence electrons. The largest absolute Gasteiger partial charge is 0.452 e. The number of nitrogens with zero attached hydrogens (tertiary/aromatic N) is 1. The van der Waals surface area contributed by atoms with Crippen molar-refractivity contribution < 1.29 is 28.3 Å². The lowest BCUT2D eigenvalue weighted by molar-refractivity contribution is -0.124. The van der Waals surface area contributed by atoms with E-state index in [2.05, 4.69) is 17.5 Å². The molecule has 1 heterocycles. The fraction of sp³-hybridized carbons (Fsp3) is 0.308. The molecule has 2 aromatic carbocycles. The average molecular weight is 460 g/mol. The van der Waals surface area contributed by atoms with E-state index in [1.165, 1.54) is 41.3 Å². The number of amides is 3. The van der Waals surface area contributed by atoms with E-state index in [-0.39, 0.29) is 41.0 Å². The normalized spacial score (nSPS) is 30.1. The van der Waals surface area contributed by atoms with E-state index in [1.54, 1.807) is 12.1 Å². The second kappa shape index (κ2) is 7.62. The smallest absolute Gasteiger partial charge is 0.338 e. The third-order valence-corrected chi connectivity index (χ3v) is 7.49. The Kier molecular flexibility index (Phi) is 4.65. The number of carbonyl (C=O) groups is 4. The van der Waals surface area contributed by atoms with Crippen LogP contribution < -0.4 is 10.2 Å². The van der Waals surface area contributed by atoms with E-state index in [4.69, 9.17) is 4.74 Å². The van der Waals surface area contributed by atoms with Crippen LogP contribution in [0.1, 0.15) is 16.8 Å². The summed E-state index contributed by atoms with van der Waals surface area (Å²) in [6, 6.07) is 11.3. The summed E-state index contributed by atoms with van der Waals surface area (Å²) >= 11 is 0. The summed E-state index contributed by atoms with van der Waals surface area (Å²) in [4.78, 5) is 51.9. The first kappa shape index (κ1) is 20.8. The number of anilines is 2. The number of esters is 1. The van der Waals surface area contributed by atoms with Gasteiger partial charge in [-0.25, -0.2) is 9.18 Å². The number of rotatable bonds is 5. The van der Waals surface area contributed by atoms with E-state index >= 15 is 0 Å². The highest BCUT2D eigenvalue weighted by Gasteiger charge is 2.67. The first-order valence-electron chi connectivity index (χ1n) is 11.3. The molecule has 1 N–H and O–H groups in total. The van der Waals surface area contributed by atoms with Crippen LogP contribution in [0.3, 0.4) is 0 Å². The van der Waals surface area contributed by atoms with Gasteiger partial charge in [0, 0.05) is 5.69 Å². The van der Waals surface area contributed by atoms with Crippen LogP contribution in [0.25, 0.3) is 0 Å². The fourth-order valence-corrected chi connectivity index (χ4v) is 5.90. The molecule has 0 spiro atoms. The van der Waals surface area contributed by atoms with Gasteiger partial charge in [0.15, 0.2) is 6.61 Å². The van der Waals surface area contributed by atoms with Crippen molar-refractivity contribution in [3.05, 3.63) is 72.1 Å². The van der Waals surface area contributed by atoms with Gasteiger partial charge in [-0.1, -0.05) is 12.2 Å². The molecule has 8 heteroatoms. The molecule has 6 atom stereocenters. The fourth-order valence-electron chi connectivity index (χ4n) is 5.90. The van der Waals surface area contributed by atoms with E-state index in [0.717, 1.165) is 6.42 Å². The molecule has 2 bridgehead atoms. The van der Waals surface area contributed by atoms with Gasteiger partial charge >= 0.3 is 5.97 Å². The highest BCUT2D eigenvalue weighted by Crippen LogP contribution is 2.65. The average Bonchev–Trinajstić information content (AvgIpc) is 3.62. The predicted octanol–water partition coefficient (Wildman–Crippen LogP) is 3.18. The number of ether oxygens (including phenoxy) is 1. The van der Waals surface area contributed by atoms with Crippen LogP contribution >= 0.6 is 0 Å². The number of carbonyl (C=O) groups excluding carboxylic acids is 4. The van der Waals surface area contributed by atoms with Crippen LogP contribution in [0.5, 0.6) is 0 Å². The van der Waals surface area contributed by atoms with Gasteiger partial charge in [0.25, 0.3) is 5.91 Å². The summed E-state index contributed by atoms with van der Waals surface area (Å²) in [6.07, 6.45) is 5.36. The Morgan fingerprint density at radius 2 is 1.50 bits per heavy atom. The van der Waals surface area contributed by atoms with Gasteiger partial charge < -0.3 is 10.1 Å². The van der Waals surface area contributed by atoms with Crippen molar-refractivity contribution in [2.45, 2.75) is 6.42 Å². The SMILES string of the molecule is O=C(COC(=O)c1ccc(N2C(=O)[C@@H]3[C@H]4C=C[C@@H]([C@@H]5C[C@H]45)[C@H]3C2=O)cc1)Nc1ccc(F)cc1. The number of halogens is 1. The Balaban J connectivity index is 1.10. The molecule has 0 aromatic heterocycles. The highest BCUT2D eigenvalue weighted by molar-refractivity contribution is 6.22. The van der Waals surface area contributed by atoms with Gasteiger partial charge in [-0.15, -0.1) is 0 Å². The van der Waals surface area contributed by atoms with Crippen molar-refractivity contribution >= 4 is 35.1 Å². The Morgan fingerprint density at radius 1 is 0.912 bits per heavy atom. The predicted molar refractivity (Wildman–Crippen MR) is 119 cm³/mol. The number of imide groups is 1. The summed E-state index contributed by atoms with van der Waals surface area (Å²) in [5.74, 6) is -1.22. The van der Waals surface area contributed by atoms with Gasteiger partial charge in [-0.05, 0) is 78.6 Å². The second-order valence-electron chi connectivity index (χ2n) is 9.34. The highest BCUT2D eigenvalue weighted by atomic mass is 19.1. The maximum Gasteiger partial charge on any atom is 0.338 e. The maximum absolute atomic E-state index is 13.2. The summed E-state index contributed by atoms with van der Waals surface area (Å²) in [6.45, 7) is -0.511. The number of benzene rings is 2. The minimum atomic E-state index is -0.712. The van der Waals surface area contributed by atoms with Crippen molar-refractivity contribution in [2.24, 2.45) is 35.5 Å². The van der Waals surface area contributed by atoms with Gasteiger partial charge in [0.2, 0.25) is 11.8 Å². The maximum atomic E-state index is 13.2. The Bertz CT molecular complexity index is 1200. The first-order valence-corrected chi connectivity index (χ1v) is 11.3. The lowest BCUT2D eigenvalue weighted by atomic mass is 9.63. The quantitative estimate of drug-likeness (QED) is 0.420. The Hall–Kier alpha value is -3.81. The molecular weight excluding hydrogens is 439 g/mol. The number of hydrogen-bond acceptors (Lipinski definition) is 5. The van der Waals surface area contributed by atoms with Crippen molar-refractivity contribution in [3.8, 4) is 0 Å². The number of hydrogen-bond donors (Lipinski definition) is 1. The summed E-state index contributed by atoms with van der Waals surface area (Å²) in [7, 11) is 0. The van der Waals surface area contributed by atoms with E-state index in [9.17, 15) is 23.6 Å². The van der Waals surface area contributed by atoms with Gasteiger partial charge in [0.1, 0.15) is 5.82 Å². The zero-order valence-electron chi connectivity index (χ0n) is 18.0. The molecule has 0 unspecified atom stereocenters. The summed E-state index contributed by atoms with van der Waals surface area (Å²) in [5.41, 5.74) is 1.01. The van der Waals surface area contributed by atoms with Gasteiger partial charge in [-0.3, -0.25) is 19.3 Å². The first-order chi connectivity index (χ1) is 16.4. The van der Waals surface area contributed by atoms with Crippen molar-refractivity contribution in [3.63, 3.8) is 0 Å². The third kappa shape index (κ3) is 3.24. The molecule has 2 aromatic rings. The van der Waals surface area contributed by atoms with Gasteiger partial charge in [0.05, 0.1) is 23.1 Å². The van der Waals surface area contributed by atoms with Crippen LogP contribution in [0.15, 0.2) is 60.7 Å². The standard InChI is InChI=1S/C26H21FN2O5/c27-14-3-5-15(6-4-14)28-21(30)12-34-26(33)13-1-7-16(8-2-13)29-24(31)22-17-9-10-18(20-11-19(17)20)23(22)25(29)32/h1-10,17-20,22-23H,11-12H2,(H,28,30)/t17-,18-,19-,20+,22+,23+/m0/s1. The van der Waals surface area contributed by atoms with Gasteiger partial charge in [-0.2, -0.15) is 0 Å². The van der Waals surface area contributed by atoms with E-state index in [0.29, 0.717) is 23.2 Å². The van der Waals surface area contributed by atoms with Crippen LogP contribution in [0.2, 0.25) is 0 Å². The molecule has 3 fully saturated rings. The van der Waals surface area contributed by atoms with Crippen LogP contribution in [-0.4, -0.2) is 30.3 Å². The zero-order chi connectivity index (χ0) is 23.6. The topological polar surface area (TPSA) is 92.8 Å². The lowest BCUT2D eigenvalue weighted by Gasteiger charge is -2.37.